The number of carbonyl (C=O) groups is 1. The summed E-state index contributed by atoms with van der Waals surface area (Å²) in [6.45, 7) is 4.75. The molecule has 0 aliphatic rings. The van der Waals surface area contributed by atoms with Gasteiger partial charge in [-0.1, -0.05) is 17.7 Å². The molecule has 0 spiro atoms. The average Bonchev–Trinajstić information content (AvgIpc) is 2.79. The zero-order valence-corrected chi connectivity index (χ0v) is 12.1. The monoisotopic (exact) mass is 293 g/mol. The van der Waals surface area contributed by atoms with Crippen LogP contribution in [0.2, 0.25) is 5.02 Å². The molecule has 0 radical (unpaired) electrons. The Hall–Kier alpha value is -2.01. The lowest BCUT2D eigenvalue weighted by Crippen LogP contribution is -2.10. The van der Waals surface area contributed by atoms with Crippen molar-refractivity contribution in [1.29, 1.82) is 0 Å². The van der Waals surface area contributed by atoms with Gasteiger partial charge in [-0.25, -0.2) is 4.79 Å². The van der Waals surface area contributed by atoms with E-state index in [-0.39, 0.29) is 17.2 Å². The van der Waals surface area contributed by atoms with Gasteiger partial charge in [-0.3, -0.25) is 4.68 Å². The Bertz CT molecular complexity index is 637. The van der Waals surface area contributed by atoms with Crippen LogP contribution in [0.3, 0.4) is 0 Å². The van der Waals surface area contributed by atoms with Crippen LogP contribution in [0.1, 0.15) is 28.7 Å². The standard InChI is InChI=1S/C14H16ClN3O2/c1-3-18-10(7-9(2)17-18)8-20-14(19)11-5-4-6-12(16)13(11)15/h4-7H,3,8,16H2,1-2H3. The molecule has 0 amide bonds. The minimum absolute atomic E-state index is 0.151. The van der Waals surface area contributed by atoms with Crippen molar-refractivity contribution in [2.75, 3.05) is 5.73 Å². The van der Waals surface area contributed by atoms with Gasteiger partial charge < -0.3 is 10.5 Å². The van der Waals surface area contributed by atoms with E-state index in [1.54, 1.807) is 22.9 Å². The summed E-state index contributed by atoms with van der Waals surface area (Å²) in [5.41, 5.74) is 8.02. The van der Waals surface area contributed by atoms with E-state index < -0.39 is 5.97 Å². The number of nitrogen functional groups attached to an aromatic ring is 1. The van der Waals surface area contributed by atoms with Crippen molar-refractivity contribution in [3.05, 3.63) is 46.2 Å². The summed E-state index contributed by atoms with van der Waals surface area (Å²) in [6.07, 6.45) is 0. The molecular weight excluding hydrogens is 278 g/mol. The number of carbonyl (C=O) groups excluding carboxylic acids is 1. The molecule has 0 saturated heterocycles. The number of nitrogens with two attached hydrogens (primary N) is 1. The summed E-state index contributed by atoms with van der Waals surface area (Å²) in [5.74, 6) is -0.496. The number of rotatable bonds is 4. The smallest absolute Gasteiger partial charge is 0.340 e. The van der Waals surface area contributed by atoms with E-state index in [9.17, 15) is 4.79 Å². The summed E-state index contributed by atoms with van der Waals surface area (Å²) in [4.78, 5) is 12.0. The van der Waals surface area contributed by atoms with Crippen LogP contribution >= 0.6 is 11.6 Å². The first-order chi connectivity index (χ1) is 9.52. The highest BCUT2D eigenvalue weighted by Crippen LogP contribution is 2.24. The van der Waals surface area contributed by atoms with Crippen molar-refractivity contribution in [2.45, 2.75) is 27.0 Å². The first kappa shape index (κ1) is 14.4. The second kappa shape index (κ2) is 5.96. The number of esters is 1. The minimum Gasteiger partial charge on any atom is -0.456 e. The summed E-state index contributed by atoms with van der Waals surface area (Å²) in [6, 6.07) is 6.77. The van der Waals surface area contributed by atoms with Crippen molar-refractivity contribution in [1.82, 2.24) is 9.78 Å². The fourth-order valence-electron chi connectivity index (χ4n) is 1.91. The van der Waals surface area contributed by atoms with Crippen LogP contribution in [-0.4, -0.2) is 15.7 Å². The van der Waals surface area contributed by atoms with Gasteiger partial charge in [0.25, 0.3) is 0 Å². The Morgan fingerprint density at radius 3 is 2.95 bits per heavy atom. The molecule has 20 heavy (non-hydrogen) atoms. The minimum atomic E-state index is -0.496. The molecule has 0 unspecified atom stereocenters. The third-order valence-electron chi connectivity index (χ3n) is 2.88. The van der Waals surface area contributed by atoms with E-state index in [1.165, 1.54) is 0 Å². The summed E-state index contributed by atoms with van der Waals surface area (Å²) in [5, 5.41) is 4.51. The van der Waals surface area contributed by atoms with E-state index in [0.717, 1.165) is 17.9 Å². The van der Waals surface area contributed by atoms with Gasteiger partial charge >= 0.3 is 5.97 Å². The normalized spacial score (nSPS) is 10.6. The van der Waals surface area contributed by atoms with Crippen molar-refractivity contribution >= 4 is 23.3 Å². The molecule has 106 valence electrons. The summed E-state index contributed by atoms with van der Waals surface area (Å²) >= 11 is 5.99. The van der Waals surface area contributed by atoms with E-state index in [4.69, 9.17) is 22.1 Å². The van der Waals surface area contributed by atoms with Crippen LogP contribution in [0.15, 0.2) is 24.3 Å². The maximum Gasteiger partial charge on any atom is 0.340 e. The van der Waals surface area contributed by atoms with E-state index >= 15 is 0 Å². The van der Waals surface area contributed by atoms with Crippen LogP contribution in [0.4, 0.5) is 5.69 Å². The van der Waals surface area contributed by atoms with Crippen LogP contribution in [-0.2, 0) is 17.9 Å². The van der Waals surface area contributed by atoms with Crippen LogP contribution in [0, 0.1) is 6.92 Å². The number of aromatic nitrogens is 2. The van der Waals surface area contributed by atoms with Gasteiger partial charge in [0.1, 0.15) is 6.61 Å². The van der Waals surface area contributed by atoms with Crippen LogP contribution in [0.25, 0.3) is 0 Å². The molecule has 1 aromatic heterocycles. The van der Waals surface area contributed by atoms with E-state index in [0.29, 0.717) is 5.69 Å². The molecule has 0 atom stereocenters. The van der Waals surface area contributed by atoms with Gasteiger partial charge in [-0.15, -0.1) is 0 Å². The van der Waals surface area contributed by atoms with Crippen molar-refractivity contribution < 1.29 is 9.53 Å². The largest absolute Gasteiger partial charge is 0.456 e. The Balaban J connectivity index is 2.10. The quantitative estimate of drug-likeness (QED) is 0.695. The molecule has 0 aliphatic heterocycles. The van der Waals surface area contributed by atoms with Gasteiger partial charge in [0.15, 0.2) is 0 Å². The fraction of sp³-hybridized carbons (Fsp3) is 0.286. The van der Waals surface area contributed by atoms with Gasteiger partial charge in [0, 0.05) is 6.54 Å². The third-order valence-corrected chi connectivity index (χ3v) is 3.31. The molecule has 1 aromatic carbocycles. The molecule has 2 aromatic rings. The molecule has 0 bridgehead atoms. The van der Waals surface area contributed by atoms with Crippen LogP contribution in [0.5, 0.6) is 0 Å². The highest BCUT2D eigenvalue weighted by Gasteiger charge is 2.14. The molecule has 0 fully saturated rings. The predicted octanol–water partition coefficient (Wildman–Crippen LogP) is 2.80. The van der Waals surface area contributed by atoms with Gasteiger partial charge in [0.2, 0.25) is 0 Å². The molecule has 1 heterocycles. The molecule has 6 heteroatoms. The lowest BCUT2D eigenvalue weighted by Gasteiger charge is -2.08. The van der Waals surface area contributed by atoms with Gasteiger partial charge in [-0.2, -0.15) is 5.10 Å². The predicted molar refractivity (Wildman–Crippen MR) is 77.6 cm³/mol. The lowest BCUT2D eigenvalue weighted by atomic mass is 10.2. The summed E-state index contributed by atoms with van der Waals surface area (Å²) < 4.78 is 7.06. The molecule has 2 rings (SSSR count). The Morgan fingerprint density at radius 2 is 2.25 bits per heavy atom. The number of benzene rings is 1. The first-order valence-electron chi connectivity index (χ1n) is 6.27. The first-order valence-corrected chi connectivity index (χ1v) is 6.65. The highest BCUT2D eigenvalue weighted by molar-refractivity contribution is 6.36. The molecule has 5 nitrogen and oxygen atoms in total. The Morgan fingerprint density at radius 1 is 1.50 bits per heavy atom. The maximum absolute atomic E-state index is 12.0. The Labute approximate surface area is 122 Å². The molecule has 0 aliphatic carbocycles. The number of ether oxygens (including phenoxy) is 1. The molecular formula is C14H16ClN3O2. The zero-order chi connectivity index (χ0) is 14.7. The number of hydrogen-bond acceptors (Lipinski definition) is 4. The number of aryl methyl sites for hydroxylation is 2. The number of nitrogens with zero attached hydrogens (tertiary/aromatic N) is 2. The van der Waals surface area contributed by atoms with E-state index in [2.05, 4.69) is 5.10 Å². The Kier molecular flexibility index (Phi) is 4.29. The maximum atomic E-state index is 12.0. The van der Waals surface area contributed by atoms with Gasteiger partial charge in [0.05, 0.1) is 27.7 Å². The average molecular weight is 294 g/mol. The summed E-state index contributed by atoms with van der Waals surface area (Å²) in [7, 11) is 0. The van der Waals surface area contributed by atoms with Crippen LogP contribution < -0.4 is 5.73 Å². The second-order valence-corrected chi connectivity index (χ2v) is 4.76. The molecule has 2 N–H and O–H groups in total. The zero-order valence-electron chi connectivity index (χ0n) is 11.4. The lowest BCUT2D eigenvalue weighted by molar-refractivity contribution is 0.0462. The number of anilines is 1. The topological polar surface area (TPSA) is 70.1 Å². The van der Waals surface area contributed by atoms with Crippen molar-refractivity contribution in [2.24, 2.45) is 0 Å². The van der Waals surface area contributed by atoms with Gasteiger partial charge in [-0.05, 0) is 32.0 Å². The highest BCUT2D eigenvalue weighted by atomic mass is 35.5. The molecule has 0 saturated carbocycles. The van der Waals surface area contributed by atoms with E-state index in [1.807, 2.05) is 19.9 Å². The fourth-order valence-corrected chi connectivity index (χ4v) is 2.12. The van der Waals surface area contributed by atoms with Crippen molar-refractivity contribution in [3.8, 4) is 0 Å². The second-order valence-electron chi connectivity index (χ2n) is 4.38. The number of halogens is 1. The van der Waals surface area contributed by atoms with Crippen molar-refractivity contribution in [3.63, 3.8) is 0 Å². The third kappa shape index (κ3) is 2.93. The number of hydrogen-bond donors (Lipinski definition) is 1. The SMILES string of the molecule is CCn1nc(C)cc1COC(=O)c1cccc(N)c1Cl.